The predicted octanol–water partition coefficient (Wildman–Crippen LogP) is 2.94. The molecule has 0 aromatic heterocycles. The average molecular weight is 301 g/mol. The van der Waals surface area contributed by atoms with E-state index in [9.17, 15) is 9.59 Å². The molecule has 0 heterocycles. The highest BCUT2D eigenvalue weighted by molar-refractivity contribution is 6.35. The molecule has 1 aliphatic rings. The zero-order valence-corrected chi connectivity index (χ0v) is 11.7. The van der Waals surface area contributed by atoms with Crippen LogP contribution in [0.3, 0.4) is 0 Å². The molecule has 1 aromatic rings. The number of hydrogen-bond donors (Lipinski definition) is 2. The first-order valence-corrected chi connectivity index (χ1v) is 6.89. The molecule has 1 fully saturated rings. The first-order chi connectivity index (χ1) is 9.08. The van der Waals surface area contributed by atoms with Crippen molar-refractivity contribution in [1.29, 1.82) is 0 Å². The minimum atomic E-state index is -0.473. The van der Waals surface area contributed by atoms with Crippen LogP contribution < -0.4 is 10.9 Å². The van der Waals surface area contributed by atoms with Gasteiger partial charge in [0.05, 0.1) is 10.6 Å². The first kappa shape index (κ1) is 14.2. The van der Waals surface area contributed by atoms with Crippen molar-refractivity contribution >= 4 is 35.0 Å². The molecule has 1 aliphatic carbocycles. The molecular weight excluding hydrogens is 287 g/mol. The summed E-state index contributed by atoms with van der Waals surface area (Å²) in [5, 5.41) is 0.702. The second-order valence-corrected chi connectivity index (χ2v) is 5.39. The Morgan fingerprint density at radius 3 is 2.47 bits per heavy atom. The molecule has 1 aromatic carbocycles. The number of halogens is 2. The fourth-order valence-corrected chi connectivity index (χ4v) is 2.52. The Hall–Kier alpha value is -1.26. The van der Waals surface area contributed by atoms with Crippen LogP contribution in [0.25, 0.3) is 0 Å². The van der Waals surface area contributed by atoms with Crippen molar-refractivity contribution in [1.82, 2.24) is 10.9 Å². The number of rotatable bonds is 2. The van der Waals surface area contributed by atoms with E-state index in [2.05, 4.69) is 10.9 Å². The lowest BCUT2D eigenvalue weighted by molar-refractivity contribution is -0.125. The minimum absolute atomic E-state index is 0.00451. The number of amides is 2. The van der Waals surface area contributed by atoms with E-state index in [1.807, 2.05) is 0 Å². The summed E-state index contributed by atoms with van der Waals surface area (Å²) in [5.41, 5.74) is 5.03. The Kier molecular flexibility index (Phi) is 4.66. The van der Waals surface area contributed by atoms with Gasteiger partial charge in [0.25, 0.3) is 5.91 Å². The Bertz CT molecular complexity index is 499. The van der Waals surface area contributed by atoms with Crippen LogP contribution in [0.2, 0.25) is 10.0 Å². The van der Waals surface area contributed by atoms with Gasteiger partial charge in [-0.15, -0.1) is 0 Å². The van der Waals surface area contributed by atoms with E-state index in [1.54, 1.807) is 6.07 Å². The Morgan fingerprint density at radius 1 is 1.11 bits per heavy atom. The van der Waals surface area contributed by atoms with Gasteiger partial charge in [-0.3, -0.25) is 20.4 Å². The summed E-state index contributed by atoms with van der Waals surface area (Å²) < 4.78 is 0. The average Bonchev–Trinajstić information content (AvgIpc) is 2.92. The molecule has 1 saturated carbocycles. The van der Waals surface area contributed by atoms with Crippen LogP contribution in [0, 0.1) is 5.92 Å². The summed E-state index contributed by atoms with van der Waals surface area (Å²) >= 11 is 11.7. The second-order valence-electron chi connectivity index (χ2n) is 4.55. The maximum absolute atomic E-state index is 11.9. The van der Waals surface area contributed by atoms with Crippen molar-refractivity contribution in [2.45, 2.75) is 25.7 Å². The standard InChI is InChI=1S/C13H14Cl2N2O2/c14-9-5-6-11(15)10(7-9)13(19)17-16-12(18)8-3-1-2-4-8/h5-8H,1-4H2,(H,16,18)(H,17,19). The predicted molar refractivity (Wildman–Crippen MR) is 74.0 cm³/mol. The minimum Gasteiger partial charge on any atom is -0.273 e. The lowest BCUT2D eigenvalue weighted by Crippen LogP contribution is -2.44. The molecule has 0 unspecified atom stereocenters. The number of hydrazine groups is 1. The Labute approximate surface area is 121 Å². The lowest BCUT2D eigenvalue weighted by atomic mass is 10.1. The van der Waals surface area contributed by atoms with E-state index in [0.717, 1.165) is 25.7 Å². The first-order valence-electron chi connectivity index (χ1n) is 6.13. The van der Waals surface area contributed by atoms with E-state index < -0.39 is 5.91 Å². The highest BCUT2D eigenvalue weighted by atomic mass is 35.5. The number of hydrogen-bond acceptors (Lipinski definition) is 2. The van der Waals surface area contributed by atoms with Crippen molar-refractivity contribution < 1.29 is 9.59 Å². The van der Waals surface area contributed by atoms with Gasteiger partial charge in [-0.25, -0.2) is 0 Å². The zero-order chi connectivity index (χ0) is 13.8. The van der Waals surface area contributed by atoms with Crippen LogP contribution >= 0.6 is 23.2 Å². The lowest BCUT2D eigenvalue weighted by Gasteiger charge is -2.12. The van der Waals surface area contributed by atoms with E-state index in [-0.39, 0.29) is 22.4 Å². The molecule has 2 amide bonds. The van der Waals surface area contributed by atoms with Gasteiger partial charge >= 0.3 is 0 Å². The molecule has 0 atom stereocenters. The Morgan fingerprint density at radius 2 is 1.79 bits per heavy atom. The normalized spacial score (nSPS) is 15.3. The molecule has 4 nitrogen and oxygen atoms in total. The highest BCUT2D eigenvalue weighted by Gasteiger charge is 2.23. The van der Waals surface area contributed by atoms with Crippen molar-refractivity contribution in [3.63, 3.8) is 0 Å². The number of benzene rings is 1. The third kappa shape index (κ3) is 3.61. The maximum Gasteiger partial charge on any atom is 0.271 e. The molecule has 102 valence electrons. The molecule has 0 aliphatic heterocycles. The second kappa shape index (κ2) is 6.26. The van der Waals surface area contributed by atoms with E-state index in [0.29, 0.717) is 5.02 Å². The van der Waals surface area contributed by atoms with E-state index in [4.69, 9.17) is 23.2 Å². The van der Waals surface area contributed by atoms with Crippen LogP contribution in [-0.4, -0.2) is 11.8 Å². The van der Waals surface area contributed by atoms with E-state index in [1.165, 1.54) is 12.1 Å². The maximum atomic E-state index is 11.9. The van der Waals surface area contributed by atoms with Crippen LogP contribution in [-0.2, 0) is 4.79 Å². The molecule has 0 spiro atoms. The van der Waals surface area contributed by atoms with Crippen molar-refractivity contribution in [2.75, 3.05) is 0 Å². The molecule has 2 N–H and O–H groups in total. The van der Waals surface area contributed by atoms with Gasteiger partial charge in [-0.1, -0.05) is 36.0 Å². The monoisotopic (exact) mass is 300 g/mol. The fourth-order valence-electron chi connectivity index (χ4n) is 2.15. The number of carbonyl (C=O) groups is 2. The van der Waals surface area contributed by atoms with Crippen molar-refractivity contribution in [3.8, 4) is 0 Å². The smallest absolute Gasteiger partial charge is 0.271 e. The van der Waals surface area contributed by atoms with Gasteiger partial charge in [0.15, 0.2) is 0 Å². The molecule has 0 saturated heterocycles. The van der Waals surface area contributed by atoms with Gasteiger partial charge in [-0.2, -0.15) is 0 Å². The molecule has 2 rings (SSSR count). The largest absolute Gasteiger partial charge is 0.273 e. The van der Waals surface area contributed by atoms with Crippen LogP contribution in [0.5, 0.6) is 0 Å². The fraction of sp³-hybridized carbons (Fsp3) is 0.385. The third-order valence-electron chi connectivity index (χ3n) is 3.20. The summed E-state index contributed by atoms with van der Waals surface area (Å²) in [6.45, 7) is 0. The topological polar surface area (TPSA) is 58.2 Å². The SMILES string of the molecule is O=C(NNC(=O)C1CCCC1)c1cc(Cl)ccc1Cl. The summed E-state index contributed by atoms with van der Waals surface area (Å²) in [4.78, 5) is 23.6. The zero-order valence-electron chi connectivity index (χ0n) is 10.2. The van der Waals surface area contributed by atoms with Gasteiger partial charge in [0, 0.05) is 10.9 Å². The number of nitrogens with one attached hydrogen (secondary N) is 2. The van der Waals surface area contributed by atoms with Crippen molar-refractivity contribution in [2.24, 2.45) is 5.92 Å². The van der Waals surface area contributed by atoms with Gasteiger partial charge < -0.3 is 0 Å². The molecular formula is C13H14Cl2N2O2. The van der Waals surface area contributed by atoms with Crippen LogP contribution in [0.15, 0.2) is 18.2 Å². The summed E-state index contributed by atoms with van der Waals surface area (Å²) in [5.74, 6) is -0.627. The molecule has 0 radical (unpaired) electrons. The molecule has 19 heavy (non-hydrogen) atoms. The third-order valence-corrected chi connectivity index (χ3v) is 3.76. The van der Waals surface area contributed by atoms with E-state index >= 15 is 0 Å². The molecule has 6 heteroatoms. The summed E-state index contributed by atoms with van der Waals surface area (Å²) in [6.07, 6.45) is 3.87. The van der Waals surface area contributed by atoms with Gasteiger partial charge in [-0.05, 0) is 31.0 Å². The Balaban J connectivity index is 1.93. The summed E-state index contributed by atoms with van der Waals surface area (Å²) in [7, 11) is 0. The summed E-state index contributed by atoms with van der Waals surface area (Å²) in [6, 6.07) is 4.59. The van der Waals surface area contributed by atoms with Crippen molar-refractivity contribution in [3.05, 3.63) is 33.8 Å². The van der Waals surface area contributed by atoms with Crippen LogP contribution in [0.1, 0.15) is 36.0 Å². The quantitative estimate of drug-likeness (QED) is 0.825. The van der Waals surface area contributed by atoms with Gasteiger partial charge in [0.2, 0.25) is 5.91 Å². The number of carbonyl (C=O) groups excluding carboxylic acids is 2. The van der Waals surface area contributed by atoms with Gasteiger partial charge in [0.1, 0.15) is 0 Å². The molecule has 0 bridgehead atoms. The van der Waals surface area contributed by atoms with Crippen LogP contribution in [0.4, 0.5) is 0 Å². The highest BCUT2D eigenvalue weighted by Crippen LogP contribution is 2.24.